The third-order valence-corrected chi connectivity index (χ3v) is 5.38. The van der Waals surface area contributed by atoms with E-state index in [9.17, 15) is 9.59 Å². The number of nitrogens with one attached hydrogen (secondary N) is 1. The predicted octanol–water partition coefficient (Wildman–Crippen LogP) is 4.14. The Bertz CT molecular complexity index is 967. The molecule has 1 heterocycles. The Hall–Kier alpha value is -2.99. The van der Waals surface area contributed by atoms with Crippen LogP contribution in [0.25, 0.3) is 10.6 Å². The maximum absolute atomic E-state index is 12.6. The van der Waals surface area contributed by atoms with Crippen molar-refractivity contribution < 1.29 is 9.59 Å². The molecule has 6 heteroatoms. The summed E-state index contributed by atoms with van der Waals surface area (Å²) in [4.78, 5) is 31.2. The van der Waals surface area contributed by atoms with Crippen molar-refractivity contribution in [1.82, 2.24) is 9.88 Å². The second-order valence-corrected chi connectivity index (χ2v) is 7.38. The number of aromatic nitrogens is 1. The first-order chi connectivity index (χ1) is 13.0. The van der Waals surface area contributed by atoms with Crippen molar-refractivity contribution in [2.75, 3.05) is 18.9 Å². The number of likely N-dealkylation sites (N-methyl/N-ethyl adjacent to an activating group) is 1. The molecule has 0 saturated heterocycles. The summed E-state index contributed by atoms with van der Waals surface area (Å²) in [6.07, 6.45) is 1.56. The van der Waals surface area contributed by atoms with Crippen molar-refractivity contribution in [3.63, 3.8) is 0 Å². The van der Waals surface area contributed by atoms with E-state index in [0.717, 1.165) is 27.4 Å². The van der Waals surface area contributed by atoms with Crippen LogP contribution in [0.1, 0.15) is 20.8 Å². The van der Waals surface area contributed by atoms with Gasteiger partial charge in [0.1, 0.15) is 9.88 Å². The highest BCUT2D eigenvalue weighted by Crippen LogP contribution is 2.25. The van der Waals surface area contributed by atoms with E-state index in [-0.39, 0.29) is 18.4 Å². The van der Waals surface area contributed by atoms with Gasteiger partial charge >= 0.3 is 0 Å². The van der Waals surface area contributed by atoms with E-state index in [0.29, 0.717) is 4.88 Å². The number of thiazole rings is 1. The Morgan fingerprint density at radius 3 is 2.56 bits per heavy atom. The highest BCUT2D eigenvalue weighted by atomic mass is 32.1. The van der Waals surface area contributed by atoms with Crippen molar-refractivity contribution in [1.29, 1.82) is 0 Å². The van der Waals surface area contributed by atoms with Gasteiger partial charge in [0.05, 0.1) is 12.7 Å². The van der Waals surface area contributed by atoms with E-state index >= 15 is 0 Å². The minimum atomic E-state index is -0.229. The van der Waals surface area contributed by atoms with Crippen molar-refractivity contribution in [3.05, 3.63) is 70.7 Å². The molecule has 2 aromatic carbocycles. The summed E-state index contributed by atoms with van der Waals surface area (Å²) >= 11 is 1.32. The average molecular weight is 379 g/mol. The molecule has 0 bridgehead atoms. The zero-order valence-electron chi connectivity index (χ0n) is 15.5. The Labute approximate surface area is 162 Å². The minimum Gasteiger partial charge on any atom is -0.332 e. The molecule has 0 saturated carbocycles. The van der Waals surface area contributed by atoms with E-state index in [1.165, 1.54) is 16.2 Å². The number of hydrogen-bond donors (Lipinski definition) is 1. The van der Waals surface area contributed by atoms with Gasteiger partial charge in [-0.2, -0.15) is 0 Å². The van der Waals surface area contributed by atoms with E-state index in [4.69, 9.17) is 0 Å². The fourth-order valence-electron chi connectivity index (χ4n) is 2.64. The molecular formula is C21H21N3O2S. The number of aryl methyl sites for hydroxylation is 1. The molecular weight excluding hydrogens is 358 g/mol. The summed E-state index contributed by atoms with van der Waals surface area (Å²) in [6.45, 7) is 3.93. The van der Waals surface area contributed by atoms with E-state index < -0.39 is 0 Å². The fourth-order valence-corrected chi connectivity index (χ4v) is 3.55. The number of amides is 2. The molecule has 1 N–H and O–H groups in total. The number of anilines is 1. The monoisotopic (exact) mass is 379 g/mol. The standard InChI is InChI=1S/C21H21N3O2S/c1-14-8-7-11-17(15(14)2)23-19(25)13-24(3)21(26)18-12-22-20(27-18)16-9-5-4-6-10-16/h4-12H,13H2,1-3H3,(H,23,25). The van der Waals surface area contributed by atoms with Gasteiger partial charge in [-0.05, 0) is 31.0 Å². The lowest BCUT2D eigenvalue weighted by Gasteiger charge is -2.16. The Kier molecular flexibility index (Phi) is 5.66. The molecule has 0 spiro atoms. The summed E-state index contributed by atoms with van der Waals surface area (Å²) in [7, 11) is 1.62. The molecule has 1 aromatic heterocycles. The molecule has 0 aliphatic carbocycles. The van der Waals surface area contributed by atoms with Crippen LogP contribution in [0.5, 0.6) is 0 Å². The van der Waals surface area contributed by atoms with Crippen LogP contribution >= 0.6 is 11.3 Å². The Morgan fingerprint density at radius 1 is 1.07 bits per heavy atom. The second kappa shape index (κ2) is 8.14. The zero-order chi connectivity index (χ0) is 19.4. The minimum absolute atomic E-state index is 0.0230. The molecule has 0 atom stereocenters. The number of rotatable bonds is 5. The number of benzene rings is 2. The van der Waals surface area contributed by atoms with Crippen LogP contribution in [0, 0.1) is 13.8 Å². The van der Waals surface area contributed by atoms with Crippen molar-refractivity contribution in [3.8, 4) is 10.6 Å². The van der Waals surface area contributed by atoms with E-state index in [1.54, 1.807) is 13.2 Å². The fraction of sp³-hybridized carbons (Fsp3) is 0.190. The summed E-state index contributed by atoms with van der Waals surface area (Å²) < 4.78 is 0. The maximum atomic E-state index is 12.6. The third-order valence-electron chi connectivity index (χ3n) is 4.34. The number of hydrogen-bond acceptors (Lipinski definition) is 4. The van der Waals surface area contributed by atoms with Gasteiger partial charge in [0.15, 0.2) is 0 Å². The van der Waals surface area contributed by atoms with Crippen LogP contribution in [-0.2, 0) is 4.79 Å². The van der Waals surface area contributed by atoms with Crippen molar-refractivity contribution in [2.24, 2.45) is 0 Å². The van der Waals surface area contributed by atoms with Gasteiger partial charge in [-0.15, -0.1) is 11.3 Å². The lowest BCUT2D eigenvalue weighted by atomic mass is 10.1. The van der Waals surface area contributed by atoms with Crippen molar-refractivity contribution in [2.45, 2.75) is 13.8 Å². The smallest absolute Gasteiger partial charge is 0.265 e. The Morgan fingerprint density at radius 2 is 1.81 bits per heavy atom. The molecule has 5 nitrogen and oxygen atoms in total. The first-order valence-corrected chi connectivity index (χ1v) is 9.40. The topological polar surface area (TPSA) is 62.3 Å². The summed E-state index contributed by atoms with van der Waals surface area (Å²) in [5.74, 6) is -0.446. The van der Waals surface area contributed by atoms with Crippen LogP contribution < -0.4 is 5.32 Å². The molecule has 0 aliphatic heterocycles. The number of nitrogens with zero attached hydrogens (tertiary/aromatic N) is 2. The molecule has 0 aliphatic rings. The molecule has 138 valence electrons. The quantitative estimate of drug-likeness (QED) is 0.725. The number of carbonyl (C=O) groups is 2. The highest BCUT2D eigenvalue weighted by molar-refractivity contribution is 7.16. The van der Waals surface area contributed by atoms with Gasteiger partial charge in [-0.1, -0.05) is 42.5 Å². The molecule has 0 unspecified atom stereocenters. The molecule has 3 rings (SSSR count). The van der Waals surface area contributed by atoms with Gasteiger partial charge in [0.2, 0.25) is 5.91 Å². The Balaban J connectivity index is 1.65. The van der Waals surface area contributed by atoms with Crippen LogP contribution in [0.2, 0.25) is 0 Å². The zero-order valence-corrected chi connectivity index (χ0v) is 16.3. The maximum Gasteiger partial charge on any atom is 0.265 e. The first-order valence-electron chi connectivity index (χ1n) is 8.58. The predicted molar refractivity (Wildman–Crippen MR) is 109 cm³/mol. The second-order valence-electron chi connectivity index (χ2n) is 6.35. The third kappa shape index (κ3) is 4.41. The SMILES string of the molecule is Cc1cccc(NC(=O)CN(C)C(=O)c2cnc(-c3ccccc3)s2)c1C. The van der Waals surface area contributed by atoms with Gasteiger partial charge in [-0.3, -0.25) is 9.59 Å². The van der Waals surface area contributed by atoms with E-state index in [2.05, 4.69) is 10.3 Å². The van der Waals surface area contributed by atoms with Gasteiger partial charge in [-0.25, -0.2) is 4.98 Å². The summed E-state index contributed by atoms with van der Waals surface area (Å²) in [5.41, 5.74) is 3.87. The number of carbonyl (C=O) groups excluding carboxylic acids is 2. The molecule has 0 radical (unpaired) electrons. The van der Waals surface area contributed by atoms with Crippen LogP contribution in [-0.4, -0.2) is 35.3 Å². The first kappa shape index (κ1) is 18.8. The van der Waals surface area contributed by atoms with Crippen molar-refractivity contribution >= 4 is 28.8 Å². The largest absolute Gasteiger partial charge is 0.332 e. The molecule has 2 amide bonds. The molecule has 0 fully saturated rings. The van der Waals surface area contributed by atoms with Gasteiger partial charge < -0.3 is 10.2 Å². The van der Waals surface area contributed by atoms with Crippen LogP contribution in [0.4, 0.5) is 5.69 Å². The molecule has 27 heavy (non-hydrogen) atoms. The lowest BCUT2D eigenvalue weighted by molar-refractivity contribution is -0.116. The normalized spacial score (nSPS) is 10.5. The average Bonchev–Trinajstić information content (AvgIpc) is 3.15. The van der Waals surface area contributed by atoms with Crippen LogP contribution in [0.3, 0.4) is 0 Å². The highest BCUT2D eigenvalue weighted by Gasteiger charge is 2.18. The van der Waals surface area contributed by atoms with Gasteiger partial charge in [0, 0.05) is 18.3 Å². The van der Waals surface area contributed by atoms with E-state index in [1.807, 2.05) is 62.4 Å². The molecule has 3 aromatic rings. The summed E-state index contributed by atoms with van der Waals surface area (Å²) in [6, 6.07) is 15.5. The van der Waals surface area contributed by atoms with Crippen LogP contribution in [0.15, 0.2) is 54.7 Å². The summed E-state index contributed by atoms with van der Waals surface area (Å²) in [5, 5.41) is 3.66. The van der Waals surface area contributed by atoms with Gasteiger partial charge in [0.25, 0.3) is 5.91 Å². The lowest BCUT2D eigenvalue weighted by Crippen LogP contribution is -2.34.